The normalized spacial score (nSPS) is 11.8. The van der Waals surface area contributed by atoms with E-state index in [0.29, 0.717) is 24.2 Å². The lowest BCUT2D eigenvalue weighted by Gasteiger charge is -2.32. The second-order valence-electron chi connectivity index (χ2n) is 8.96. The highest BCUT2D eigenvalue weighted by atomic mass is 79.9. The topological polar surface area (TPSA) is 129 Å². The SMILES string of the molecule is NCCC(=O)N(CCc1c[nH]c2ccccc12)C(C(=O)Nc1ccccc1)c1cc(Br)ccc1Br.O=C(O)C(F)(F)F. The number of para-hydroxylation sites is 2. The number of carbonyl (C=O) groups is 3. The number of H-pyrrole nitrogens is 1. The molecule has 13 heteroatoms. The predicted octanol–water partition coefficient (Wildman–Crippen LogP) is 6.43. The molecule has 0 spiro atoms. The maximum Gasteiger partial charge on any atom is 0.490 e. The number of aromatic nitrogens is 1. The number of nitrogens with two attached hydrogens (primary N) is 1. The lowest BCUT2D eigenvalue weighted by atomic mass is 10.0. The highest BCUT2D eigenvalue weighted by molar-refractivity contribution is 9.11. The van der Waals surface area contributed by atoms with E-state index in [1.54, 1.807) is 4.90 Å². The maximum absolute atomic E-state index is 13.7. The molecule has 5 N–H and O–H groups in total. The molecule has 0 saturated heterocycles. The molecule has 2 amide bonds. The van der Waals surface area contributed by atoms with Crippen molar-refractivity contribution in [2.75, 3.05) is 18.4 Å². The number of aromatic amines is 1. The van der Waals surface area contributed by atoms with Gasteiger partial charge in [0.1, 0.15) is 6.04 Å². The first-order valence-corrected chi connectivity index (χ1v) is 14.2. The standard InChI is InChI=1S/C27H26Br2N4O2.C2HF3O2/c28-19-10-11-23(29)22(16-19)26(27(35)32-20-6-2-1-3-7-20)33(25(34)12-14-30)15-13-18-17-31-24-9-5-4-8-21(18)24;3-2(4,5)1(6)7/h1-11,16-17,26,31H,12-15,30H2,(H,32,35);(H,6,7). The summed E-state index contributed by atoms with van der Waals surface area (Å²) in [6.45, 7) is 0.557. The number of carboxylic acid groups (broad SMARTS) is 1. The smallest absolute Gasteiger partial charge is 0.475 e. The van der Waals surface area contributed by atoms with Crippen LogP contribution in [-0.4, -0.2) is 52.0 Å². The highest BCUT2D eigenvalue weighted by Crippen LogP contribution is 2.33. The zero-order chi connectivity index (χ0) is 30.9. The fourth-order valence-corrected chi connectivity index (χ4v) is 4.99. The average Bonchev–Trinajstić information content (AvgIpc) is 3.36. The van der Waals surface area contributed by atoms with Gasteiger partial charge < -0.3 is 26.0 Å². The summed E-state index contributed by atoms with van der Waals surface area (Å²) in [5.41, 5.74) is 9.23. The molecule has 0 aliphatic heterocycles. The summed E-state index contributed by atoms with van der Waals surface area (Å²) < 4.78 is 33.3. The van der Waals surface area contributed by atoms with Gasteiger partial charge >= 0.3 is 12.1 Å². The molecule has 1 heterocycles. The molecule has 0 saturated carbocycles. The molecule has 1 unspecified atom stereocenters. The van der Waals surface area contributed by atoms with Crippen LogP contribution in [0.5, 0.6) is 0 Å². The fourth-order valence-electron chi connectivity index (χ4n) is 4.15. The number of hydrogen-bond donors (Lipinski definition) is 4. The summed E-state index contributed by atoms with van der Waals surface area (Å²) in [4.78, 5) is 40.9. The van der Waals surface area contributed by atoms with Gasteiger partial charge in [0.2, 0.25) is 5.91 Å². The van der Waals surface area contributed by atoms with Crippen molar-refractivity contribution in [1.29, 1.82) is 0 Å². The van der Waals surface area contributed by atoms with Gasteiger partial charge in [0.15, 0.2) is 0 Å². The first kappa shape index (κ1) is 32.8. The van der Waals surface area contributed by atoms with Crippen LogP contribution in [-0.2, 0) is 20.8 Å². The van der Waals surface area contributed by atoms with Crippen LogP contribution in [0.2, 0.25) is 0 Å². The number of fused-ring (bicyclic) bond motifs is 1. The van der Waals surface area contributed by atoms with Gasteiger partial charge in [0.05, 0.1) is 0 Å². The third-order valence-electron chi connectivity index (χ3n) is 6.07. The van der Waals surface area contributed by atoms with Crippen LogP contribution >= 0.6 is 31.9 Å². The van der Waals surface area contributed by atoms with Crippen molar-refractivity contribution in [3.63, 3.8) is 0 Å². The van der Waals surface area contributed by atoms with E-state index in [4.69, 9.17) is 15.6 Å². The van der Waals surface area contributed by atoms with Crippen molar-refractivity contribution in [2.45, 2.75) is 25.1 Å². The Balaban J connectivity index is 0.000000616. The molecule has 4 rings (SSSR count). The van der Waals surface area contributed by atoms with E-state index in [9.17, 15) is 22.8 Å². The lowest BCUT2D eigenvalue weighted by Crippen LogP contribution is -2.43. The van der Waals surface area contributed by atoms with Crippen LogP contribution in [0.15, 0.2) is 87.9 Å². The molecule has 42 heavy (non-hydrogen) atoms. The highest BCUT2D eigenvalue weighted by Gasteiger charge is 2.38. The van der Waals surface area contributed by atoms with E-state index in [2.05, 4.69) is 48.2 Å². The Morgan fingerprint density at radius 3 is 2.29 bits per heavy atom. The summed E-state index contributed by atoms with van der Waals surface area (Å²) in [7, 11) is 0. The van der Waals surface area contributed by atoms with Gasteiger partial charge in [0, 0.05) is 51.2 Å². The maximum atomic E-state index is 13.7. The molecule has 8 nitrogen and oxygen atoms in total. The third-order valence-corrected chi connectivity index (χ3v) is 7.29. The van der Waals surface area contributed by atoms with Crippen LogP contribution in [0.25, 0.3) is 10.9 Å². The number of nitrogens with zero attached hydrogens (tertiary/aromatic N) is 1. The zero-order valence-corrected chi connectivity index (χ0v) is 25.2. The molecule has 1 atom stereocenters. The molecule has 0 fully saturated rings. The number of carbonyl (C=O) groups excluding carboxylic acids is 2. The molecular weight excluding hydrogens is 685 g/mol. The van der Waals surface area contributed by atoms with Crippen molar-refractivity contribution >= 4 is 66.2 Å². The zero-order valence-electron chi connectivity index (χ0n) is 22.0. The number of carboxylic acids is 1. The van der Waals surface area contributed by atoms with Crippen LogP contribution in [0, 0.1) is 0 Å². The van der Waals surface area contributed by atoms with Gasteiger partial charge in [-0.2, -0.15) is 13.2 Å². The number of nitrogens with one attached hydrogen (secondary N) is 2. The van der Waals surface area contributed by atoms with Crippen molar-refractivity contribution in [3.8, 4) is 0 Å². The number of hydrogen-bond acceptors (Lipinski definition) is 4. The average molecular weight is 712 g/mol. The first-order valence-electron chi connectivity index (χ1n) is 12.6. The van der Waals surface area contributed by atoms with E-state index < -0.39 is 18.2 Å². The van der Waals surface area contributed by atoms with Crippen molar-refractivity contribution in [1.82, 2.24) is 9.88 Å². The summed E-state index contributed by atoms with van der Waals surface area (Å²) in [6.07, 6.45) is -2.39. The number of benzene rings is 3. The number of halogens is 5. The summed E-state index contributed by atoms with van der Waals surface area (Å²) in [5.74, 6) is -3.22. The van der Waals surface area contributed by atoms with Gasteiger partial charge in [-0.3, -0.25) is 9.59 Å². The van der Waals surface area contributed by atoms with E-state index >= 15 is 0 Å². The number of aliphatic carboxylic acids is 1. The Kier molecular flexibility index (Phi) is 11.7. The molecular formula is C29H27Br2F3N4O4. The van der Waals surface area contributed by atoms with Crippen LogP contribution < -0.4 is 11.1 Å². The number of amides is 2. The van der Waals surface area contributed by atoms with Gasteiger partial charge in [0.25, 0.3) is 5.91 Å². The van der Waals surface area contributed by atoms with Crippen molar-refractivity contribution < 1.29 is 32.7 Å². The molecule has 0 aliphatic rings. The monoisotopic (exact) mass is 710 g/mol. The first-order chi connectivity index (χ1) is 19.9. The van der Waals surface area contributed by atoms with E-state index in [1.807, 2.05) is 72.9 Å². The summed E-state index contributed by atoms with van der Waals surface area (Å²) in [6, 6.07) is 22.1. The van der Waals surface area contributed by atoms with Crippen molar-refractivity contribution in [3.05, 3.63) is 99.1 Å². The predicted molar refractivity (Wildman–Crippen MR) is 161 cm³/mol. The second-order valence-corrected chi connectivity index (χ2v) is 10.7. The van der Waals surface area contributed by atoms with Gasteiger partial charge in [-0.1, -0.05) is 68.3 Å². The molecule has 3 aromatic carbocycles. The summed E-state index contributed by atoms with van der Waals surface area (Å²) in [5, 5.41) is 11.2. The van der Waals surface area contributed by atoms with Crippen LogP contribution in [0.3, 0.4) is 0 Å². The minimum absolute atomic E-state index is 0.147. The quantitative estimate of drug-likeness (QED) is 0.159. The number of alkyl halides is 3. The fraction of sp³-hybridized carbons (Fsp3) is 0.207. The number of anilines is 1. The van der Waals surface area contributed by atoms with E-state index in [1.165, 1.54) is 0 Å². The largest absolute Gasteiger partial charge is 0.490 e. The van der Waals surface area contributed by atoms with Gasteiger partial charge in [-0.25, -0.2) is 4.79 Å². The Morgan fingerprint density at radius 2 is 1.64 bits per heavy atom. The third kappa shape index (κ3) is 8.91. The molecule has 1 aromatic heterocycles. The Hall–Kier alpha value is -3.68. The molecule has 222 valence electrons. The molecule has 0 radical (unpaired) electrons. The minimum atomic E-state index is -5.08. The van der Waals surface area contributed by atoms with Gasteiger partial charge in [-0.15, -0.1) is 0 Å². The van der Waals surface area contributed by atoms with Gasteiger partial charge in [-0.05, 0) is 53.9 Å². The Labute approximate surface area is 256 Å². The Bertz CT molecular complexity index is 1530. The second kappa shape index (κ2) is 15.0. The minimum Gasteiger partial charge on any atom is -0.475 e. The number of rotatable bonds is 9. The molecule has 0 aliphatic carbocycles. The summed E-state index contributed by atoms with van der Waals surface area (Å²) >= 11 is 7.11. The van der Waals surface area contributed by atoms with Crippen LogP contribution in [0.1, 0.15) is 23.6 Å². The van der Waals surface area contributed by atoms with E-state index in [0.717, 1.165) is 25.4 Å². The Morgan fingerprint density at radius 1 is 1.00 bits per heavy atom. The molecule has 0 bridgehead atoms. The van der Waals surface area contributed by atoms with Crippen LogP contribution in [0.4, 0.5) is 18.9 Å². The lowest BCUT2D eigenvalue weighted by molar-refractivity contribution is -0.192. The molecule has 4 aromatic rings. The van der Waals surface area contributed by atoms with Crippen molar-refractivity contribution in [2.24, 2.45) is 5.73 Å². The van der Waals surface area contributed by atoms with E-state index in [-0.39, 0.29) is 24.8 Å².